The van der Waals surface area contributed by atoms with Gasteiger partial charge in [-0.3, -0.25) is 0 Å². The fraction of sp³-hybridized carbons (Fsp3) is 0.700. The van der Waals surface area contributed by atoms with Crippen LogP contribution in [0.25, 0.3) is 0 Å². The molecule has 7 atom stereocenters. The van der Waals surface area contributed by atoms with E-state index in [1.165, 1.54) is 11.1 Å². The number of phenols is 1. The molecule has 1 aromatic carbocycles. The highest BCUT2D eigenvalue weighted by Crippen LogP contribution is 2.63. The summed E-state index contributed by atoms with van der Waals surface area (Å²) in [6.07, 6.45) is 3.80. The summed E-state index contributed by atoms with van der Waals surface area (Å²) in [5, 5.41) is 30.7. The topological polar surface area (TPSA) is 60.7 Å². The van der Waals surface area contributed by atoms with Crippen molar-refractivity contribution < 1.29 is 15.3 Å². The smallest absolute Gasteiger partial charge is 0.115 e. The van der Waals surface area contributed by atoms with Crippen LogP contribution in [0.4, 0.5) is 0 Å². The number of aliphatic hydroxyl groups is 2. The van der Waals surface area contributed by atoms with Gasteiger partial charge in [0.05, 0.1) is 12.2 Å². The predicted molar refractivity (Wildman–Crippen MR) is 89.3 cm³/mol. The molecule has 0 heterocycles. The lowest BCUT2D eigenvalue weighted by Crippen LogP contribution is -2.48. The third-order valence-corrected chi connectivity index (χ3v) is 7.33. The molecule has 2 saturated carbocycles. The van der Waals surface area contributed by atoms with E-state index in [0.29, 0.717) is 29.4 Å². The molecule has 0 saturated heterocycles. The SMILES string of the molecule is CC[C@H]1C[C@@]2(C)C(C[C@@H](O)[C@@H]2O)C2CCc3cc(O)ccc3C21. The molecule has 23 heavy (non-hydrogen) atoms. The molecule has 126 valence electrons. The zero-order valence-corrected chi connectivity index (χ0v) is 14.1. The minimum absolute atomic E-state index is 0.143. The number of rotatable bonds is 1. The van der Waals surface area contributed by atoms with E-state index in [1.54, 1.807) is 0 Å². The van der Waals surface area contributed by atoms with Gasteiger partial charge in [0.15, 0.2) is 0 Å². The molecule has 0 radical (unpaired) electrons. The average molecular weight is 316 g/mol. The first-order valence-electron chi connectivity index (χ1n) is 9.13. The Kier molecular flexibility index (Phi) is 3.51. The number of aryl methyl sites for hydroxylation is 1. The van der Waals surface area contributed by atoms with Gasteiger partial charge >= 0.3 is 0 Å². The van der Waals surface area contributed by atoms with E-state index in [4.69, 9.17) is 0 Å². The number of hydrogen-bond acceptors (Lipinski definition) is 3. The average Bonchev–Trinajstić information content (AvgIpc) is 2.77. The highest BCUT2D eigenvalue weighted by molar-refractivity contribution is 5.40. The summed E-state index contributed by atoms with van der Waals surface area (Å²) >= 11 is 0. The summed E-state index contributed by atoms with van der Waals surface area (Å²) in [5.41, 5.74) is 2.56. The minimum atomic E-state index is -0.580. The number of hydrogen-bond donors (Lipinski definition) is 3. The van der Waals surface area contributed by atoms with E-state index in [1.807, 2.05) is 12.1 Å². The van der Waals surface area contributed by atoms with E-state index >= 15 is 0 Å². The molecule has 0 bridgehead atoms. The number of phenolic OH excluding ortho intramolecular Hbond substituents is 1. The Morgan fingerprint density at radius 3 is 2.78 bits per heavy atom. The van der Waals surface area contributed by atoms with E-state index in [9.17, 15) is 15.3 Å². The van der Waals surface area contributed by atoms with Crippen molar-refractivity contribution in [2.24, 2.45) is 23.2 Å². The summed E-state index contributed by atoms with van der Waals surface area (Å²) in [6, 6.07) is 5.87. The largest absolute Gasteiger partial charge is 0.508 e. The number of aromatic hydroxyl groups is 1. The van der Waals surface area contributed by atoms with Crippen molar-refractivity contribution in [3.8, 4) is 5.75 Å². The Hall–Kier alpha value is -1.06. The van der Waals surface area contributed by atoms with Crippen LogP contribution in [-0.2, 0) is 6.42 Å². The summed E-state index contributed by atoms with van der Waals surface area (Å²) in [7, 11) is 0. The molecule has 0 aromatic heterocycles. The van der Waals surface area contributed by atoms with Gasteiger partial charge in [0, 0.05) is 0 Å². The van der Waals surface area contributed by atoms with Gasteiger partial charge < -0.3 is 15.3 Å². The van der Waals surface area contributed by atoms with Crippen LogP contribution >= 0.6 is 0 Å². The van der Waals surface area contributed by atoms with Crippen molar-refractivity contribution in [2.75, 3.05) is 0 Å². The summed E-state index contributed by atoms with van der Waals surface area (Å²) in [5.74, 6) is 2.37. The van der Waals surface area contributed by atoms with Crippen LogP contribution in [0.15, 0.2) is 18.2 Å². The molecule has 3 unspecified atom stereocenters. The number of fused-ring (bicyclic) bond motifs is 5. The van der Waals surface area contributed by atoms with Crippen molar-refractivity contribution in [1.82, 2.24) is 0 Å². The molecular formula is C20H28O3. The highest BCUT2D eigenvalue weighted by Gasteiger charge is 2.59. The van der Waals surface area contributed by atoms with Crippen LogP contribution in [0.1, 0.15) is 56.6 Å². The molecule has 0 spiro atoms. The van der Waals surface area contributed by atoms with Gasteiger partial charge in [0.25, 0.3) is 0 Å². The van der Waals surface area contributed by atoms with Gasteiger partial charge in [-0.15, -0.1) is 0 Å². The monoisotopic (exact) mass is 316 g/mol. The molecule has 3 aliphatic rings. The molecular weight excluding hydrogens is 288 g/mol. The molecule has 1 aromatic rings. The Balaban J connectivity index is 1.78. The third kappa shape index (κ3) is 2.09. The molecule has 3 heteroatoms. The standard InChI is InChI=1S/C20H28O3/c1-3-11-10-20(2)16(9-17(22)19(20)23)15-6-4-12-8-13(21)5-7-14(12)18(11)15/h5,7-8,11,15-19,21-23H,3-4,6,9-10H2,1-2H3/t11-,15?,16?,17+,18?,19-,20-/m0/s1. The number of benzene rings is 1. The van der Waals surface area contributed by atoms with Crippen LogP contribution in [0, 0.1) is 23.2 Å². The van der Waals surface area contributed by atoms with Crippen molar-refractivity contribution in [3.63, 3.8) is 0 Å². The highest BCUT2D eigenvalue weighted by atomic mass is 16.3. The van der Waals surface area contributed by atoms with Gasteiger partial charge in [0.2, 0.25) is 0 Å². The zero-order chi connectivity index (χ0) is 16.4. The summed E-state index contributed by atoms with van der Waals surface area (Å²) in [6.45, 7) is 4.45. The fourth-order valence-corrected chi connectivity index (χ4v) is 6.26. The Morgan fingerprint density at radius 1 is 1.26 bits per heavy atom. The second-order valence-corrected chi connectivity index (χ2v) is 8.34. The van der Waals surface area contributed by atoms with Crippen molar-refractivity contribution in [1.29, 1.82) is 0 Å². The molecule has 3 N–H and O–H groups in total. The van der Waals surface area contributed by atoms with Gasteiger partial charge in [-0.05, 0) is 78.0 Å². The Bertz CT molecular complexity index is 613. The Morgan fingerprint density at radius 2 is 2.04 bits per heavy atom. The van der Waals surface area contributed by atoms with Crippen molar-refractivity contribution >= 4 is 0 Å². The van der Waals surface area contributed by atoms with Crippen LogP contribution in [0.5, 0.6) is 5.75 Å². The molecule has 3 aliphatic carbocycles. The van der Waals surface area contributed by atoms with Gasteiger partial charge in [-0.25, -0.2) is 0 Å². The summed E-state index contributed by atoms with van der Waals surface area (Å²) in [4.78, 5) is 0. The van der Waals surface area contributed by atoms with Crippen LogP contribution in [0.3, 0.4) is 0 Å². The van der Waals surface area contributed by atoms with Crippen molar-refractivity contribution in [3.05, 3.63) is 29.3 Å². The van der Waals surface area contributed by atoms with E-state index in [-0.39, 0.29) is 5.41 Å². The number of aliphatic hydroxyl groups excluding tert-OH is 2. The second-order valence-electron chi connectivity index (χ2n) is 8.34. The van der Waals surface area contributed by atoms with E-state index in [0.717, 1.165) is 32.1 Å². The minimum Gasteiger partial charge on any atom is -0.508 e. The van der Waals surface area contributed by atoms with Crippen LogP contribution in [0.2, 0.25) is 0 Å². The summed E-state index contributed by atoms with van der Waals surface area (Å²) < 4.78 is 0. The van der Waals surface area contributed by atoms with Crippen molar-refractivity contribution in [2.45, 2.75) is 64.1 Å². The second kappa shape index (κ2) is 5.22. The van der Waals surface area contributed by atoms with Gasteiger partial charge in [0.1, 0.15) is 5.75 Å². The van der Waals surface area contributed by atoms with Gasteiger partial charge in [-0.2, -0.15) is 0 Å². The molecule has 0 aliphatic heterocycles. The maximum Gasteiger partial charge on any atom is 0.115 e. The lowest BCUT2D eigenvalue weighted by molar-refractivity contribution is -0.0684. The Labute approximate surface area is 138 Å². The van der Waals surface area contributed by atoms with Crippen LogP contribution < -0.4 is 0 Å². The van der Waals surface area contributed by atoms with E-state index < -0.39 is 12.2 Å². The maximum absolute atomic E-state index is 10.6. The molecule has 3 nitrogen and oxygen atoms in total. The zero-order valence-electron chi connectivity index (χ0n) is 14.1. The van der Waals surface area contributed by atoms with E-state index in [2.05, 4.69) is 19.9 Å². The maximum atomic E-state index is 10.6. The molecule has 4 rings (SSSR count). The normalized spacial score (nSPS) is 45.2. The molecule has 0 amide bonds. The first-order chi connectivity index (χ1) is 11.0. The first kappa shape index (κ1) is 15.5. The quantitative estimate of drug-likeness (QED) is 0.745. The third-order valence-electron chi connectivity index (χ3n) is 7.33. The fourth-order valence-electron chi connectivity index (χ4n) is 6.26. The predicted octanol–water partition coefficient (Wildman–Crippen LogP) is 3.22. The van der Waals surface area contributed by atoms with Crippen LogP contribution in [-0.4, -0.2) is 27.5 Å². The lowest BCUT2D eigenvalue weighted by atomic mass is 9.51. The lowest BCUT2D eigenvalue weighted by Gasteiger charge is -2.53. The molecule has 2 fully saturated rings. The van der Waals surface area contributed by atoms with Gasteiger partial charge in [-0.1, -0.05) is 26.3 Å². The first-order valence-corrected chi connectivity index (χ1v) is 9.13.